The van der Waals surface area contributed by atoms with Gasteiger partial charge in [0.15, 0.2) is 0 Å². The number of hydrogen-bond acceptors (Lipinski definition) is 4. The summed E-state index contributed by atoms with van der Waals surface area (Å²) in [6.45, 7) is 8.39. The van der Waals surface area contributed by atoms with Gasteiger partial charge in [0.2, 0.25) is 0 Å². The highest BCUT2D eigenvalue weighted by Crippen LogP contribution is 2.15. The molecule has 0 unspecified atom stereocenters. The van der Waals surface area contributed by atoms with Crippen molar-refractivity contribution < 1.29 is 14.6 Å². The first-order valence-corrected chi connectivity index (χ1v) is 7.25. The molecule has 112 valence electrons. The molecule has 0 radical (unpaired) electrons. The third-order valence-corrected chi connectivity index (χ3v) is 3.65. The van der Waals surface area contributed by atoms with E-state index in [9.17, 15) is 4.79 Å². The molecule has 1 aliphatic heterocycles. The molecule has 5 heteroatoms. The molecule has 0 aromatic heterocycles. The van der Waals surface area contributed by atoms with Crippen molar-refractivity contribution in [2.75, 3.05) is 39.8 Å². The number of carboxylic acids is 1. The molecule has 1 aliphatic rings. The fraction of sp³-hybridized carbons (Fsp3) is 0.929. The van der Waals surface area contributed by atoms with Crippen LogP contribution in [-0.4, -0.2) is 72.9 Å². The number of piperidine rings is 1. The van der Waals surface area contributed by atoms with Gasteiger partial charge in [0.1, 0.15) is 0 Å². The van der Waals surface area contributed by atoms with Crippen molar-refractivity contribution in [2.24, 2.45) is 0 Å². The zero-order valence-electron chi connectivity index (χ0n) is 12.5. The van der Waals surface area contributed by atoms with E-state index in [4.69, 9.17) is 9.84 Å². The molecule has 1 saturated heterocycles. The normalized spacial score (nSPS) is 18.4. The van der Waals surface area contributed by atoms with Gasteiger partial charge >= 0.3 is 5.97 Å². The topological polar surface area (TPSA) is 53.0 Å². The number of nitrogens with zero attached hydrogens (tertiary/aromatic N) is 2. The smallest absolute Gasteiger partial charge is 0.304 e. The van der Waals surface area contributed by atoms with Gasteiger partial charge in [-0.3, -0.25) is 9.69 Å². The van der Waals surface area contributed by atoms with Gasteiger partial charge < -0.3 is 14.7 Å². The van der Waals surface area contributed by atoms with Crippen LogP contribution in [0.3, 0.4) is 0 Å². The van der Waals surface area contributed by atoms with Crippen LogP contribution < -0.4 is 0 Å². The molecule has 0 aliphatic carbocycles. The highest BCUT2D eigenvalue weighted by molar-refractivity contribution is 5.66. The number of likely N-dealkylation sites (tertiary alicyclic amines) is 1. The second-order valence-corrected chi connectivity index (χ2v) is 5.63. The summed E-state index contributed by atoms with van der Waals surface area (Å²) in [6.07, 6.45) is 2.70. The quantitative estimate of drug-likeness (QED) is 0.721. The lowest BCUT2D eigenvalue weighted by Gasteiger charge is -2.37. The molecular formula is C14H28N2O3. The second kappa shape index (κ2) is 8.51. The first kappa shape index (κ1) is 16.4. The first-order valence-electron chi connectivity index (χ1n) is 7.25. The minimum Gasteiger partial charge on any atom is -0.481 e. The Hall–Kier alpha value is -0.650. The number of carboxylic acid groups (broad SMARTS) is 1. The van der Waals surface area contributed by atoms with Gasteiger partial charge in [-0.25, -0.2) is 0 Å². The lowest BCUT2D eigenvalue weighted by atomic mass is 10.0. The van der Waals surface area contributed by atoms with Gasteiger partial charge in [0, 0.05) is 19.1 Å². The maximum Gasteiger partial charge on any atom is 0.304 e. The molecule has 0 aromatic carbocycles. The molecule has 1 heterocycles. The van der Waals surface area contributed by atoms with Crippen LogP contribution in [0.2, 0.25) is 0 Å². The lowest BCUT2D eigenvalue weighted by Crippen LogP contribution is -2.45. The van der Waals surface area contributed by atoms with Crippen molar-refractivity contribution in [3.05, 3.63) is 0 Å². The van der Waals surface area contributed by atoms with Crippen LogP contribution in [0.5, 0.6) is 0 Å². The third-order valence-electron chi connectivity index (χ3n) is 3.65. The maximum atomic E-state index is 10.8. The Kier molecular flexibility index (Phi) is 7.34. The summed E-state index contributed by atoms with van der Waals surface area (Å²) >= 11 is 0. The Morgan fingerprint density at radius 3 is 2.53 bits per heavy atom. The van der Waals surface area contributed by atoms with Crippen molar-refractivity contribution in [2.45, 2.75) is 45.3 Å². The molecule has 0 aromatic rings. The van der Waals surface area contributed by atoms with E-state index in [1.807, 2.05) is 13.8 Å². The number of rotatable bonds is 8. The number of carbonyl (C=O) groups is 1. The Labute approximate surface area is 116 Å². The predicted octanol–water partition coefficient (Wildman–Crippen LogP) is 1.28. The van der Waals surface area contributed by atoms with E-state index in [1.54, 1.807) is 0 Å². The number of ether oxygens (including phenoxy) is 1. The summed E-state index contributed by atoms with van der Waals surface area (Å²) in [6, 6.07) is 0.506. The van der Waals surface area contributed by atoms with Crippen LogP contribution in [0.15, 0.2) is 0 Å². The van der Waals surface area contributed by atoms with Gasteiger partial charge in [0.25, 0.3) is 0 Å². The Morgan fingerprint density at radius 1 is 1.37 bits per heavy atom. The highest BCUT2D eigenvalue weighted by atomic mass is 16.5. The fourth-order valence-electron chi connectivity index (χ4n) is 2.48. The van der Waals surface area contributed by atoms with Crippen molar-refractivity contribution in [1.82, 2.24) is 9.80 Å². The molecule has 5 nitrogen and oxygen atoms in total. The number of aliphatic carboxylic acids is 1. The molecule has 1 rings (SSSR count). The fourth-order valence-corrected chi connectivity index (χ4v) is 2.48. The standard InChI is InChI=1S/C14H28N2O3/c1-12(2)19-11-10-16(9-6-14(17)18)13-4-7-15(3)8-5-13/h12-13H,4-11H2,1-3H3,(H,17,18). The van der Waals surface area contributed by atoms with Crippen LogP contribution in [0, 0.1) is 0 Å². The van der Waals surface area contributed by atoms with Gasteiger partial charge in [0.05, 0.1) is 19.1 Å². The molecule has 0 spiro atoms. The summed E-state index contributed by atoms with van der Waals surface area (Å²) in [7, 11) is 2.14. The Morgan fingerprint density at radius 2 is 2.00 bits per heavy atom. The molecule has 1 N–H and O–H groups in total. The highest BCUT2D eigenvalue weighted by Gasteiger charge is 2.23. The molecule has 0 saturated carbocycles. The van der Waals surface area contributed by atoms with E-state index >= 15 is 0 Å². The van der Waals surface area contributed by atoms with E-state index < -0.39 is 5.97 Å². The summed E-state index contributed by atoms with van der Waals surface area (Å²) in [5.74, 6) is -0.720. The van der Waals surface area contributed by atoms with E-state index in [1.165, 1.54) is 0 Å². The molecule has 1 fully saturated rings. The second-order valence-electron chi connectivity index (χ2n) is 5.63. The van der Waals surface area contributed by atoms with Crippen LogP contribution in [0.1, 0.15) is 33.1 Å². The summed E-state index contributed by atoms with van der Waals surface area (Å²) in [5, 5.41) is 8.85. The molecule has 0 atom stereocenters. The largest absolute Gasteiger partial charge is 0.481 e. The summed E-state index contributed by atoms with van der Waals surface area (Å²) in [4.78, 5) is 15.4. The van der Waals surface area contributed by atoms with E-state index in [2.05, 4.69) is 16.8 Å². The summed E-state index contributed by atoms with van der Waals surface area (Å²) in [5.41, 5.74) is 0. The molecule has 0 bridgehead atoms. The number of hydrogen-bond donors (Lipinski definition) is 1. The Bertz CT molecular complexity index is 263. The SMILES string of the molecule is CC(C)OCCN(CCC(=O)O)C1CCN(C)CC1. The Balaban J connectivity index is 2.40. The van der Waals surface area contributed by atoms with Crippen LogP contribution >= 0.6 is 0 Å². The van der Waals surface area contributed by atoms with E-state index in [-0.39, 0.29) is 12.5 Å². The summed E-state index contributed by atoms with van der Waals surface area (Å²) < 4.78 is 5.59. The maximum absolute atomic E-state index is 10.8. The monoisotopic (exact) mass is 272 g/mol. The molecule has 19 heavy (non-hydrogen) atoms. The van der Waals surface area contributed by atoms with Gasteiger partial charge in [-0.05, 0) is 46.8 Å². The zero-order valence-corrected chi connectivity index (χ0v) is 12.5. The van der Waals surface area contributed by atoms with Crippen molar-refractivity contribution in [3.63, 3.8) is 0 Å². The van der Waals surface area contributed by atoms with E-state index in [0.29, 0.717) is 19.2 Å². The third kappa shape index (κ3) is 6.89. The van der Waals surface area contributed by atoms with Gasteiger partial charge in [-0.2, -0.15) is 0 Å². The zero-order chi connectivity index (χ0) is 14.3. The van der Waals surface area contributed by atoms with Crippen molar-refractivity contribution >= 4 is 5.97 Å². The minimum atomic E-state index is -0.720. The lowest BCUT2D eigenvalue weighted by molar-refractivity contribution is -0.137. The average molecular weight is 272 g/mol. The predicted molar refractivity (Wildman–Crippen MR) is 75.4 cm³/mol. The van der Waals surface area contributed by atoms with Gasteiger partial charge in [-0.1, -0.05) is 0 Å². The first-order chi connectivity index (χ1) is 8.99. The minimum absolute atomic E-state index is 0.216. The van der Waals surface area contributed by atoms with Gasteiger partial charge in [-0.15, -0.1) is 0 Å². The molecule has 0 amide bonds. The van der Waals surface area contributed by atoms with Crippen molar-refractivity contribution in [1.29, 1.82) is 0 Å². The van der Waals surface area contributed by atoms with E-state index in [0.717, 1.165) is 32.5 Å². The van der Waals surface area contributed by atoms with Crippen LogP contribution in [0.25, 0.3) is 0 Å². The molecular weight excluding hydrogens is 244 g/mol. The van der Waals surface area contributed by atoms with Crippen LogP contribution in [-0.2, 0) is 9.53 Å². The van der Waals surface area contributed by atoms with Crippen molar-refractivity contribution in [3.8, 4) is 0 Å². The van der Waals surface area contributed by atoms with Crippen LogP contribution in [0.4, 0.5) is 0 Å². The average Bonchev–Trinajstić information content (AvgIpc) is 2.34.